The molecule has 1 N–H and O–H groups in total. The van der Waals surface area contributed by atoms with E-state index in [1.54, 1.807) is 23.1 Å². The van der Waals surface area contributed by atoms with Crippen LogP contribution < -0.4 is 0 Å². The lowest BCUT2D eigenvalue weighted by Gasteiger charge is -2.31. The van der Waals surface area contributed by atoms with Crippen LogP contribution in [0.1, 0.15) is 29.5 Å². The van der Waals surface area contributed by atoms with Gasteiger partial charge in [-0.1, -0.05) is 0 Å². The third-order valence-corrected chi connectivity index (χ3v) is 3.48. The summed E-state index contributed by atoms with van der Waals surface area (Å²) in [4.78, 5) is 20.5. The minimum absolute atomic E-state index is 0.00372. The molecule has 0 aliphatic carbocycles. The molecule has 7 heteroatoms. The number of nitrogens with one attached hydrogen (secondary N) is 1. The molecule has 5 nitrogen and oxygen atoms in total. The smallest absolute Gasteiger partial charge is 0.295 e. The van der Waals surface area contributed by atoms with Crippen LogP contribution in [0.15, 0.2) is 18.2 Å². The highest BCUT2D eigenvalue weighted by atomic mass is 19.3. The number of halogens is 2. The molecule has 0 radical (unpaired) electrons. The number of hydrogen-bond acceptors (Lipinski definition) is 3. The maximum Gasteiger partial charge on any atom is 0.295 e. The molecule has 1 saturated heterocycles. The monoisotopic (exact) mass is 295 g/mol. The average molecular weight is 295 g/mol. The Kier molecular flexibility index (Phi) is 3.59. The first kappa shape index (κ1) is 13.9. The van der Waals surface area contributed by atoms with Crippen LogP contribution in [0.3, 0.4) is 0 Å². The Balaban J connectivity index is 1.87. The molecule has 2 aromatic rings. The van der Waals surface area contributed by atoms with Crippen LogP contribution in [0.5, 0.6) is 0 Å². The summed E-state index contributed by atoms with van der Waals surface area (Å²) in [5.41, 5.74) is 1.33. The first-order valence-electron chi connectivity index (χ1n) is 6.73. The lowest BCUT2D eigenvalue weighted by atomic mass is 10.1. The quantitative estimate of drug-likeness (QED) is 0.925. The van der Waals surface area contributed by atoms with E-state index in [9.17, 15) is 13.6 Å². The number of aromatic amines is 1. The maximum atomic E-state index is 12.6. The normalized spacial score (nSPS) is 19.4. The van der Waals surface area contributed by atoms with E-state index in [1.807, 2.05) is 6.92 Å². The van der Waals surface area contributed by atoms with E-state index < -0.39 is 6.43 Å². The predicted octanol–water partition coefficient (Wildman–Crippen LogP) is 2.36. The van der Waals surface area contributed by atoms with Gasteiger partial charge in [-0.05, 0) is 25.1 Å². The standard InChI is InChI=1S/C14H15F2N3O2/c1-8-7-19(4-5-21-8)14(20)9-2-3-10-11(6-9)18-13(17-10)12(15)16/h2-3,6,8,12H,4-5,7H2,1H3,(H,17,18)/t8-/m0/s1. The summed E-state index contributed by atoms with van der Waals surface area (Å²) >= 11 is 0. The van der Waals surface area contributed by atoms with Crippen molar-refractivity contribution in [3.63, 3.8) is 0 Å². The molecule has 1 aliphatic heterocycles. The van der Waals surface area contributed by atoms with Gasteiger partial charge in [-0.3, -0.25) is 4.79 Å². The summed E-state index contributed by atoms with van der Waals surface area (Å²) in [6.45, 7) is 3.48. The average Bonchev–Trinajstić information content (AvgIpc) is 2.89. The Morgan fingerprint density at radius 2 is 2.33 bits per heavy atom. The largest absolute Gasteiger partial charge is 0.375 e. The third kappa shape index (κ3) is 2.73. The maximum absolute atomic E-state index is 12.6. The van der Waals surface area contributed by atoms with Crippen LogP contribution in [0.4, 0.5) is 8.78 Å². The summed E-state index contributed by atoms with van der Waals surface area (Å²) in [5.74, 6) is -0.505. The topological polar surface area (TPSA) is 58.2 Å². The third-order valence-electron chi connectivity index (χ3n) is 3.48. The molecule has 1 aromatic carbocycles. The van der Waals surface area contributed by atoms with Crippen LogP contribution >= 0.6 is 0 Å². The zero-order valence-corrected chi connectivity index (χ0v) is 11.5. The second kappa shape index (κ2) is 5.40. The highest BCUT2D eigenvalue weighted by Gasteiger charge is 2.23. The van der Waals surface area contributed by atoms with Gasteiger partial charge in [0.05, 0.1) is 23.7 Å². The van der Waals surface area contributed by atoms with Crippen molar-refractivity contribution in [1.29, 1.82) is 0 Å². The van der Waals surface area contributed by atoms with Gasteiger partial charge in [-0.25, -0.2) is 13.8 Å². The van der Waals surface area contributed by atoms with Crippen LogP contribution in [0.2, 0.25) is 0 Å². The number of alkyl halides is 2. The Morgan fingerprint density at radius 3 is 3.05 bits per heavy atom. The van der Waals surface area contributed by atoms with Gasteiger partial charge in [0.25, 0.3) is 12.3 Å². The predicted molar refractivity (Wildman–Crippen MR) is 72.4 cm³/mol. The second-order valence-electron chi connectivity index (χ2n) is 5.09. The molecule has 3 rings (SSSR count). The number of amides is 1. The van der Waals surface area contributed by atoms with Gasteiger partial charge in [-0.2, -0.15) is 0 Å². The molecule has 0 spiro atoms. The Labute approximate surface area is 119 Å². The molecule has 2 heterocycles. The highest BCUT2D eigenvalue weighted by molar-refractivity contribution is 5.97. The molecule has 0 saturated carbocycles. The summed E-state index contributed by atoms with van der Waals surface area (Å²) in [6.07, 6.45) is -2.65. The van der Waals surface area contributed by atoms with Crippen molar-refractivity contribution >= 4 is 16.9 Å². The summed E-state index contributed by atoms with van der Waals surface area (Å²) < 4.78 is 30.6. The minimum atomic E-state index is -2.66. The van der Waals surface area contributed by atoms with Gasteiger partial charge in [0.15, 0.2) is 5.82 Å². The van der Waals surface area contributed by atoms with Crippen LogP contribution in [-0.2, 0) is 4.74 Å². The molecular weight excluding hydrogens is 280 g/mol. The number of aromatic nitrogens is 2. The Hall–Kier alpha value is -2.02. The van der Waals surface area contributed by atoms with Crippen LogP contribution in [0.25, 0.3) is 11.0 Å². The molecule has 1 atom stereocenters. The molecule has 1 fully saturated rings. The van der Waals surface area contributed by atoms with Crippen molar-refractivity contribution in [3.8, 4) is 0 Å². The van der Waals surface area contributed by atoms with E-state index in [0.29, 0.717) is 36.3 Å². The first-order chi connectivity index (χ1) is 10.0. The van der Waals surface area contributed by atoms with Crippen molar-refractivity contribution in [1.82, 2.24) is 14.9 Å². The van der Waals surface area contributed by atoms with Crippen LogP contribution in [-0.4, -0.2) is 46.6 Å². The van der Waals surface area contributed by atoms with E-state index in [1.165, 1.54) is 0 Å². The summed E-state index contributed by atoms with van der Waals surface area (Å²) in [5, 5.41) is 0. The van der Waals surface area contributed by atoms with Gasteiger partial charge in [-0.15, -0.1) is 0 Å². The van der Waals surface area contributed by atoms with Crippen molar-refractivity contribution in [2.45, 2.75) is 19.5 Å². The molecule has 0 unspecified atom stereocenters. The van der Waals surface area contributed by atoms with Crippen molar-refractivity contribution in [3.05, 3.63) is 29.6 Å². The van der Waals surface area contributed by atoms with Crippen molar-refractivity contribution in [2.75, 3.05) is 19.7 Å². The lowest BCUT2D eigenvalue weighted by molar-refractivity contribution is -0.0124. The summed E-state index contributed by atoms with van der Waals surface area (Å²) in [6, 6.07) is 4.76. The molecule has 112 valence electrons. The molecular formula is C14H15F2N3O2. The fourth-order valence-electron chi connectivity index (χ4n) is 2.45. The number of rotatable bonds is 2. The Morgan fingerprint density at radius 1 is 1.52 bits per heavy atom. The zero-order valence-electron chi connectivity index (χ0n) is 11.5. The van der Waals surface area contributed by atoms with Crippen LogP contribution in [0, 0.1) is 0 Å². The first-order valence-corrected chi connectivity index (χ1v) is 6.73. The number of carbonyl (C=O) groups excluding carboxylic acids is 1. The van der Waals surface area contributed by atoms with Gasteiger partial charge < -0.3 is 14.6 Å². The van der Waals surface area contributed by atoms with E-state index in [0.717, 1.165) is 0 Å². The summed E-state index contributed by atoms with van der Waals surface area (Å²) in [7, 11) is 0. The van der Waals surface area contributed by atoms with E-state index in [4.69, 9.17) is 4.74 Å². The van der Waals surface area contributed by atoms with Gasteiger partial charge in [0.2, 0.25) is 0 Å². The Bertz CT molecular complexity index is 671. The lowest BCUT2D eigenvalue weighted by Crippen LogP contribution is -2.44. The van der Waals surface area contributed by atoms with Crippen molar-refractivity contribution < 1.29 is 18.3 Å². The fraction of sp³-hybridized carbons (Fsp3) is 0.429. The minimum Gasteiger partial charge on any atom is -0.375 e. The SMILES string of the molecule is C[C@H]1CN(C(=O)c2ccc3nc(C(F)F)[nH]c3c2)CCO1. The van der Waals surface area contributed by atoms with Gasteiger partial charge >= 0.3 is 0 Å². The van der Waals surface area contributed by atoms with Gasteiger partial charge in [0.1, 0.15) is 0 Å². The number of carbonyl (C=O) groups is 1. The second-order valence-corrected chi connectivity index (χ2v) is 5.09. The number of fused-ring (bicyclic) bond motifs is 1. The number of benzene rings is 1. The highest BCUT2D eigenvalue weighted by Crippen LogP contribution is 2.21. The molecule has 0 bridgehead atoms. The van der Waals surface area contributed by atoms with E-state index in [-0.39, 0.29) is 17.8 Å². The molecule has 21 heavy (non-hydrogen) atoms. The molecule has 1 aliphatic rings. The fourth-order valence-corrected chi connectivity index (χ4v) is 2.45. The van der Waals surface area contributed by atoms with Crippen molar-refractivity contribution in [2.24, 2.45) is 0 Å². The zero-order chi connectivity index (χ0) is 15.0. The number of ether oxygens (including phenoxy) is 1. The van der Waals surface area contributed by atoms with E-state index >= 15 is 0 Å². The molecule has 1 amide bonds. The number of imidazole rings is 1. The number of hydrogen-bond donors (Lipinski definition) is 1. The molecule has 1 aromatic heterocycles. The number of H-pyrrole nitrogens is 1. The number of nitrogens with zero attached hydrogens (tertiary/aromatic N) is 2. The van der Waals surface area contributed by atoms with E-state index in [2.05, 4.69) is 9.97 Å². The number of morpholine rings is 1. The van der Waals surface area contributed by atoms with Gasteiger partial charge in [0, 0.05) is 18.7 Å².